The van der Waals surface area contributed by atoms with Crippen molar-refractivity contribution in [3.05, 3.63) is 102 Å². The van der Waals surface area contributed by atoms with Crippen molar-refractivity contribution in [3.8, 4) is 28.4 Å². The van der Waals surface area contributed by atoms with Crippen molar-refractivity contribution in [2.24, 2.45) is 0 Å². The van der Waals surface area contributed by atoms with Gasteiger partial charge in [0.05, 0.1) is 45.5 Å². The van der Waals surface area contributed by atoms with Crippen LogP contribution >= 0.6 is 0 Å². The van der Waals surface area contributed by atoms with Crippen LogP contribution in [-0.2, 0) is 28.6 Å². The van der Waals surface area contributed by atoms with E-state index in [0.717, 1.165) is 40.5 Å². The van der Waals surface area contributed by atoms with Crippen LogP contribution in [-0.4, -0.2) is 57.4 Å². The fourth-order valence-electron chi connectivity index (χ4n) is 5.07. The van der Waals surface area contributed by atoms with Crippen molar-refractivity contribution < 1.29 is 47.6 Å². The van der Waals surface area contributed by atoms with Crippen LogP contribution in [0.5, 0.6) is 17.2 Å². The van der Waals surface area contributed by atoms with Crippen LogP contribution < -0.4 is 14.2 Å². The number of esters is 4. The number of hydrogen-bond donors (Lipinski definition) is 0. The van der Waals surface area contributed by atoms with Gasteiger partial charge in [-0.2, -0.15) is 0 Å². The molecule has 1 atom stereocenters. The maximum absolute atomic E-state index is 12.9. The number of hydrogen-bond acceptors (Lipinski definition) is 10. The third-order valence-electron chi connectivity index (χ3n) is 7.70. The van der Waals surface area contributed by atoms with Gasteiger partial charge in [0.25, 0.3) is 0 Å². The molecule has 1 unspecified atom stereocenters. The molecule has 0 aliphatic heterocycles. The number of fused-ring (bicyclic) bond motifs is 3. The van der Waals surface area contributed by atoms with Gasteiger partial charge in [-0.15, -0.1) is 0 Å². The van der Waals surface area contributed by atoms with E-state index in [1.807, 2.05) is 18.2 Å². The summed E-state index contributed by atoms with van der Waals surface area (Å²) >= 11 is 0. The van der Waals surface area contributed by atoms with E-state index in [1.165, 1.54) is 7.11 Å². The van der Waals surface area contributed by atoms with E-state index in [9.17, 15) is 19.2 Å². The first-order valence-corrected chi connectivity index (χ1v) is 15.8. The highest BCUT2D eigenvalue weighted by Crippen LogP contribution is 2.47. The first-order chi connectivity index (χ1) is 23.2. The summed E-state index contributed by atoms with van der Waals surface area (Å²) in [5.74, 6) is -0.158. The summed E-state index contributed by atoms with van der Waals surface area (Å²) < 4.78 is 32.0. The van der Waals surface area contributed by atoms with E-state index in [0.29, 0.717) is 56.1 Å². The lowest BCUT2D eigenvalue weighted by Gasteiger charge is -2.11. The number of carbonyl (C=O) groups excluding carboxylic acids is 4. The van der Waals surface area contributed by atoms with Crippen molar-refractivity contribution in [1.82, 2.24) is 0 Å². The second-order valence-electron chi connectivity index (χ2n) is 11.1. The van der Waals surface area contributed by atoms with E-state index in [4.69, 9.17) is 23.7 Å². The quantitative estimate of drug-likeness (QED) is 0.0478. The third kappa shape index (κ3) is 9.81. The lowest BCUT2D eigenvalue weighted by atomic mass is 9.99. The molecule has 0 aromatic heterocycles. The number of unbranched alkanes of at least 4 members (excludes halogenated alkanes) is 2. The first kappa shape index (κ1) is 35.5. The van der Waals surface area contributed by atoms with Gasteiger partial charge in [0.1, 0.15) is 17.2 Å². The fraction of sp³-hybridized carbons (Fsp3) is 0.316. The molecule has 0 fully saturated rings. The Balaban J connectivity index is 1.20. The number of rotatable bonds is 18. The van der Waals surface area contributed by atoms with Gasteiger partial charge in [-0.1, -0.05) is 32.2 Å². The minimum atomic E-state index is -0.626. The number of benzene rings is 3. The smallest absolute Gasteiger partial charge is 0.343 e. The van der Waals surface area contributed by atoms with Gasteiger partial charge >= 0.3 is 23.9 Å². The molecule has 252 valence electrons. The van der Waals surface area contributed by atoms with Crippen LogP contribution in [0.1, 0.15) is 66.4 Å². The molecule has 3 aromatic carbocycles. The molecule has 1 aliphatic rings. The summed E-state index contributed by atoms with van der Waals surface area (Å²) in [6.45, 7) is 10.4. The maximum Gasteiger partial charge on any atom is 0.343 e. The molecule has 0 saturated carbocycles. The van der Waals surface area contributed by atoms with Gasteiger partial charge in [-0.3, -0.25) is 4.79 Å². The predicted molar refractivity (Wildman–Crippen MR) is 178 cm³/mol. The molecule has 0 bridgehead atoms. The Morgan fingerprint density at radius 3 is 1.90 bits per heavy atom. The summed E-state index contributed by atoms with van der Waals surface area (Å²) in [4.78, 5) is 47.1. The lowest BCUT2D eigenvalue weighted by Crippen LogP contribution is -2.13. The van der Waals surface area contributed by atoms with Gasteiger partial charge in [0.15, 0.2) is 0 Å². The molecule has 3 aromatic rings. The van der Waals surface area contributed by atoms with E-state index in [1.54, 1.807) is 30.3 Å². The van der Waals surface area contributed by atoms with Crippen LogP contribution in [0, 0.1) is 0 Å². The Morgan fingerprint density at radius 1 is 0.729 bits per heavy atom. The van der Waals surface area contributed by atoms with Crippen LogP contribution in [0.4, 0.5) is 0 Å². The zero-order chi connectivity index (χ0) is 34.5. The second-order valence-corrected chi connectivity index (χ2v) is 11.1. The van der Waals surface area contributed by atoms with Crippen molar-refractivity contribution in [2.75, 3.05) is 33.5 Å². The second kappa shape index (κ2) is 17.5. The average Bonchev–Trinajstić information content (AvgIpc) is 3.37. The molecule has 0 amide bonds. The molecule has 0 saturated heterocycles. The molecule has 1 aliphatic carbocycles. The minimum absolute atomic E-state index is 0.0457. The van der Waals surface area contributed by atoms with Crippen molar-refractivity contribution in [2.45, 2.75) is 44.9 Å². The number of carbonyl (C=O) groups is 4. The first-order valence-electron chi connectivity index (χ1n) is 15.8. The fourth-order valence-corrected chi connectivity index (χ4v) is 5.07. The van der Waals surface area contributed by atoms with Crippen molar-refractivity contribution >= 4 is 23.9 Å². The Bertz CT molecular complexity index is 1640. The summed E-state index contributed by atoms with van der Waals surface area (Å²) in [6.07, 6.45) is 3.60. The molecule has 0 N–H and O–H groups in total. The third-order valence-corrected chi connectivity index (χ3v) is 7.70. The summed E-state index contributed by atoms with van der Waals surface area (Å²) in [5.41, 5.74) is 4.86. The molecule has 4 rings (SSSR count). The van der Waals surface area contributed by atoms with E-state index in [2.05, 4.69) is 37.0 Å². The Labute approximate surface area is 280 Å². The monoisotopic (exact) mass is 656 g/mol. The van der Waals surface area contributed by atoms with Crippen molar-refractivity contribution in [1.29, 1.82) is 0 Å². The van der Waals surface area contributed by atoms with Gasteiger partial charge < -0.3 is 28.4 Å². The van der Waals surface area contributed by atoms with E-state index < -0.39 is 23.9 Å². The van der Waals surface area contributed by atoms with Gasteiger partial charge in [-0.05, 0) is 96.5 Å². The molecular weight excluding hydrogens is 616 g/mol. The standard InChI is InChI=1S/C38H40O10/c1-5-35(39)46-20-8-6-19-45-29-14-16-31-32-17-15-30(24-34(32)26(3)33(31)23-29)48-38(42)27-10-12-28(13-11-27)44-18-7-9-21-47-37(41)25(2)22-36(40)43-4/h5,10-17,23-24,26H,1-2,6-9,18-22H2,3-4H3. The zero-order valence-corrected chi connectivity index (χ0v) is 27.3. The topological polar surface area (TPSA) is 124 Å². The lowest BCUT2D eigenvalue weighted by molar-refractivity contribution is -0.144. The Morgan fingerprint density at radius 2 is 1.27 bits per heavy atom. The van der Waals surface area contributed by atoms with Crippen LogP contribution in [0.2, 0.25) is 0 Å². The molecule has 10 nitrogen and oxygen atoms in total. The SMILES string of the molecule is C=CC(=O)OCCCCOc1ccc2c(c1)C(C)c1cc(OC(=O)c3ccc(OCCCCOC(=O)C(=C)CC(=O)OC)cc3)ccc1-2. The van der Waals surface area contributed by atoms with Gasteiger partial charge in [0, 0.05) is 17.6 Å². The van der Waals surface area contributed by atoms with Crippen molar-refractivity contribution in [3.63, 3.8) is 0 Å². The van der Waals surface area contributed by atoms with Crippen LogP contribution in [0.3, 0.4) is 0 Å². The highest BCUT2D eigenvalue weighted by molar-refractivity contribution is 5.93. The minimum Gasteiger partial charge on any atom is -0.494 e. The molecule has 0 spiro atoms. The van der Waals surface area contributed by atoms with Gasteiger partial charge in [0.2, 0.25) is 0 Å². The zero-order valence-electron chi connectivity index (χ0n) is 27.3. The molecule has 48 heavy (non-hydrogen) atoms. The largest absolute Gasteiger partial charge is 0.494 e. The Hall–Kier alpha value is -5.38. The predicted octanol–water partition coefficient (Wildman–Crippen LogP) is 6.75. The molecule has 0 radical (unpaired) electrons. The average molecular weight is 657 g/mol. The van der Waals surface area contributed by atoms with Crippen LogP contribution in [0.25, 0.3) is 11.1 Å². The number of ether oxygens (including phenoxy) is 6. The van der Waals surface area contributed by atoms with Crippen LogP contribution in [0.15, 0.2) is 85.5 Å². The molecular formula is C38H40O10. The van der Waals surface area contributed by atoms with E-state index in [-0.39, 0.29) is 24.5 Å². The summed E-state index contributed by atoms with van der Waals surface area (Å²) in [5, 5.41) is 0. The highest BCUT2D eigenvalue weighted by Gasteiger charge is 2.27. The highest BCUT2D eigenvalue weighted by atomic mass is 16.5. The molecule has 0 heterocycles. The summed E-state index contributed by atoms with van der Waals surface area (Å²) in [7, 11) is 1.24. The van der Waals surface area contributed by atoms with Gasteiger partial charge in [-0.25, -0.2) is 14.4 Å². The molecule has 10 heteroatoms. The summed E-state index contributed by atoms with van der Waals surface area (Å²) in [6, 6.07) is 18.4. The normalized spacial score (nSPS) is 12.6. The Kier molecular flexibility index (Phi) is 12.9. The maximum atomic E-state index is 12.9. The number of methoxy groups -OCH3 is 1. The van der Waals surface area contributed by atoms with E-state index >= 15 is 0 Å².